The Bertz CT molecular complexity index is 394. The van der Waals surface area contributed by atoms with Crippen LogP contribution in [0.15, 0.2) is 18.2 Å². The number of nitrogen functional groups attached to an aromatic ring is 1. The van der Waals surface area contributed by atoms with Crippen LogP contribution in [-0.2, 0) is 4.79 Å². The largest absolute Gasteiger partial charge is 0.491 e. The second-order valence-electron chi connectivity index (χ2n) is 3.95. The molecule has 1 aromatic rings. The summed E-state index contributed by atoms with van der Waals surface area (Å²) in [6, 6.07) is 5.53. The average Bonchev–Trinajstić information content (AvgIpc) is 2.38. The number of carbonyl (C=O) groups is 1. The third kappa shape index (κ3) is 4.53. The summed E-state index contributed by atoms with van der Waals surface area (Å²) in [7, 11) is 1.63. The van der Waals surface area contributed by atoms with E-state index in [0.717, 1.165) is 12.1 Å². The van der Waals surface area contributed by atoms with Crippen molar-refractivity contribution in [1.29, 1.82) is 0 Å². The number of nitrogens with one attached hydrogen (secondary N) is 2. The molecule has 1 aromatic carbocycles. The van der Waals surface area contributed by atoms with Crippen LogP contribution in [0.2, 0.25) is 0 Å². The van der Waals surface area contributed by atoms with Gasteiger partial charge in [0.1, 0.15) is 5.75 Å². The summed E-state index contributed by atoms with van der Waals surface area (Å²) < 4.78 is 5.53. The summed E-state index contributed by atoms with van der Waals surface area (Å²) in [4.78, 5) is 11.1. The zero-order chi connectivity index (χ0) is 13.4. The summed E-state index contributed by atoms with van der Waals surface area (Å²) in [5, 5.41) is 5.73. The highest BCUT2D eigenvalue weighted by Gasteiger charge is 2.03. The van der Waals surface area contributed by atoms with Crippen LogP contribution in [0.25, 0.3) is 0 Å². The minimum Gasteiger partial charge on any atom is -0.491 e. The summed E-state index contributed by atoms with van der Waals surface area (Å²) >= 11 is 0. The Labute approximate surface area is 108 Å². The van der Waals surface area contributed by atoms with E-state index in [1.165, 1.54) is 0 Å². The van der Waals surface area contributed by atoms with Crippen molar-refractivity contribution >= 4 is 17.3 Å². The predicted molar refractivity (Wildman–Crippen MR) is 73.8 cm³/mol. The molecule has 18 heavy (non-hydrogen) atoms. The van der Waals surface area contributed by atoms with E-state index < -0.39 is 0 Å². The molecule has 1 rings (SSSR count). The van der Waals surface area contributed by atoms with Crippen molar-refractivity contribution in [2.45, 2.75) is 19.8 Å². The average molecular weight is 251 g/mol. The second kappa shape index (κ2) is 7.42. The molecular weight excluding hydrogens is 230 g/mol. The van der Waals surface area contributed by atoms with Crippen LogP contribution in [0.5, 0.6) is 5.75 Å². The molecule has 100 valence electrons. The van der Waals surface area contributed by atoms with Gasteiger partial charge in [0.15, 0.2) is 0 Å². The van der Waals surface area contributed by atoms with Crippen LogP contribution in [0.1, 0.15) is 19.8 Å². The molecule has 4 N–H and O–H groups in total. The van der Waals surface area contributed by atoms with E-state index in [4.69, 9.17) is 10.5 Å². The maximum atomic E-state index is 11.1. The SMILES string of the molecule is CCCOc1cc(NCCC(=O)NC)ccc1N. The molecule has 5 nitrogen and oxygen atoms in total. The molecule has 0 fully saturated rings. The quantitative estimate of drug-likeness (QED) is 0.643. The van der Waals surface area contributed by atoms with Gasteiger partial charge in [-0.1, -0.05) is 6.92 Å². The van der Waals surface area contributed by atoms with Crippen molar-refractivity contribution in [2.75, 3.05) is 31.2 Å². The summed E-state index contributed by atoms with van der Waals surface area (Å²) in [5.41, 5.74) is 7.34. The molecule has 0 heterocycles. The fraction of sp³-hybridized carbons (Fsp3) is 0.462. The van der Waals surface area contributed by atoms with Crippen molar-refractivity contribution in [3.63, 3.8) is 0 Å². The van der Waals surface area contributed by atoms with Gasteiger partial charge in [0, 0.05) is 31.8 Å². The van der Waals surface area contributed by atoms with Crippen LogP contribution < -0.4 is 21.1 Å². The molecule has 0 saturated carbocycles. The Morgan fingerprint density at radius 2 is 2.22 bits per heavy atom. The first-order valence-electron chi connectivity index (χ1n) is 6.14. The first-order chi connectivity index (χ1) is 8.67. The lowest BCUT2D eigenvalue weighted by Crippen LogP contribution is -2.20. The van der Waals surface area contributed by atoms with Crippen molar-refractivity contribution in [1.82, 2.24) is 5.32 Å². The van der Waals surface area contributed by atoms with Gasteiger partial charge in [0.05, 0.1) is 12.3 Å². The number of amides is 1. The number of nitrogens with two attached hydrogens (primary N) is 1. The zero-order valence-electron chi connectivity index (χ0n) is 11.0. The van der Waals surface area contributed by atoms with Gasteiger partial charge >= 0.3 is 0 Å². The summed E-state index contributed by atoms with van der Waals surface area (Å²) in [5.74, 6) is 0.696. The summed E-state index contributed by atoms with van der Waals surface area (Å²) in [6.07, 6.45) is 1.37. The van der Waals surface area contributed by atoms with Gasteiger partial charge in [-0.25, -0.2) is 0 Å². The van der Waals surface area contributed by atoms with E-state index in [0.29, 0.717) is 31.0 Å². The van der Waals surface area contributed by atoms with Crippen LogP contribution in [-0.4, -0.2) is 26.1 Å². The van der Waals surface area contributed by atoms with E-state index >= 15 is 0 Å². The van der Waals surface area contributed by atoms with Gasteiger partial charge in [-0.3, -0.25) is 4.79 Å². The van der Waals surface area contributed by atoms with Gasteiger partial charge < -0.3 is 21.1 Å². The number of benzene rings is 1. The number of anilines is 2. The Balaban J connectivity index is 2.53. The minimum atomic E-state index is 0.0143. The van der Waals surface area contributed by atoms with Crippen LogP contribution in [0.3, 0.4) is 0 Å². The molecule has 0 spiro atoms. The van der Waals surface area contributed by atoms with Gasteiger partial charge in [0.2, 0.25) is 5.91 Å². The molecule has 0 bridgehead atoms. The number of rotatable bonds is 7. The van der Waals surface area contributed by atoms with Crippen LogP contribution >= 0.6 is 0 Å². The van der Waals surface area contributed by atoms with Gasteiger partial charge in [-0.2, -0.15) is 0 Å². The third-order valence-corrected chi connectivity index (χ3v) is 2.44. The smallest absolute Gasteiger partial charge is 0.221 e. The molecule has 0 aliphatic heterocycles. The molecule has 0 unspecified atom stereocenters. The molecule has 0 radical (unpaired) electrons. The van der Waals surface area contributed by atoms with E-state index in [1.807, 2.05) is 19.1 Å². The minimum absolute atomic E-state index is 0.0143. The number of ether oxygens (including phenoxy) is 1. The Hall–Kier alpha value is -1.91. The highest BCUT2D eigenvalue weighted by atomic mass is 16.5. The molecule has 0 atom stereocenters. The maximum Gasteiger partial charge on any atom is 0.221 e. The first kappa shape index (κ1) is 14.2. The van der Waals surface area contributed by atoms with Gasteiger partial charge in [0.25, 0.3) is 0 Å². The van der Waals surface area contributed by atoms with E-state index in [1.54, 1.807) is 13.1 Å². The molecular formula is C13H21N3O2. The Morgan fingerprint density at radius 1 is 1.44 bits per heavy atom. The zero-order valence-corrected chi connectivity index (χ0v) is 11.0. The first-order valence-corrected chi connectivity index (χ1v) is 6.14. The monoisotopic (exact) mass is 251 g/mol. The highest BCUT2D eigenvalue weighted by Crippen LogP contribution is 2.25. The van der Waals surface area contributed by atoms with Crippen molar-refractivity contribution in [3.8, 4) is 5.75 Å². The predicted octanol–water partition coefficient (Wildman–Crippen LogP) is 1.61. The highest BCUT2D eigenvalue weighted by molar-refractivity contribution is 5.76. The Morgan fingerprint density at radius 3 is 2.89 bits per heavy atom. The number of hydrogen-bond donors (Lipinski definition) is 3. The molecule has 0 aliphatic carbocycles. The third-order valence-electron chi connectivity index (χ3n) is 2.44. The Kier molecular flexibility index (Phi) is 5.84. The van der Waals surface area contributed by atoms with Crippen molar-refractivity contribution in [3.05, 3.63) is 18.2 Å². The topological polar surface area (TPSA) is 76.4 Å². The number of carbonyl (C=O) groups excluding carboxylic acids is 1. The van der Waals surface area contributed by atoms with Crippen molar-refractivity contribution in [2.24, 2.45) is 0 Å². The maximum absolute atomic E-state index is 11.1. The normalized spacial score (nSPS) is 9.89. The second-order valence-corrected chi connectivity index (χ2v) is 3.95. The lowest BCUT2D eigenvalue weighted by molar-refractivity contribution is -0.120. The molecule has 0 aliphatic rings. The van der Waals surface area contributed by atoms with E-state index in [-0.39, 0.29) is 5.91 Å². The summed E-state index contributed by atoms with van der Waals surface area (Å²) in [6.45, 7) is 3.27. The van der Waals surface area contributed by atoms with E-state index in [2.05, 4.69) is 10.6 Å². The van der Waals surface area contributed by atoms with Gasteiger partial charge in [-0.15, -0.1) is 0 Å². The lowest BCUT2D eigenvalue weighted by Gasteiger charge is -2.11. The standard InChI is InChI=1S/C13H21N3O2/c1-3-8-18-12-9-10(4-5-11(12)14)16-7-6-13(17)15-2/h4-5,9,16H,3,6-8,14H2,1-2H3,(H,15,17). The molecule has 5 heteroatoms. The molecule has 1 amide bonds. The van der Waals surface area contributed by atoms with E-state index in [9.17, 15) is 4.79 Å². The van der Waals surface area contributed by atoms with Crippen molar-refractivity contribution < 1.29 is 9.53 Å². The number of hydrogen-bond acceptors (Lipinski definition) is 4. The van der Waals surface area contributed by atoms with Crippen LogP contribution in [0, 0.1) is 0 Å². The molecule has 0 saturated heterocycles. The molecule has 0 aromatic heterocycles. The van der Waals surface area contributed by atoms with Crippen LogP contribution in [0.4, 0.5) is 11.4 Å². The lowest BCUT2D eigenvalue weighted by atomic mass is 10.2. The fourth-order valence-electron chi connectivity index (χ4n) is 1.43. The fourth-order valence-corrected chi connectivity index (χ4v) is 1.43. The van der Waals surface area contributed by atoms with Gasteiger partial charge in [-0.05, 0) is 18.6 Å².